The van der Waals surface area contributed by atoms with E-state index in [4.69, 9.17) is 23.1 Å². The molecular formula is C23H21ClN6O. The van der Waals surface area contributed by atoms with Gasteiger partial charge in [-0.25, -0.2) is 9.97 Å². The number of halogens is 1. The molecule has 0 saturated carbocycles. The second-order valence-electron chi connectivity index (χ2n) is 7.41. The second kappa shape index (κ2) is 8.36. The molecule has 156 valence electrons. The van der Waals surface area contributed by atoms with E-state index in [0.29, 0.717) is 11.5 Å². The Balaban J connectivity index is 1.88. The van der Waals surface area contributed by atoms with Crippen LogP contribution in [0, 0.1) is 17.2 Å². The number of fused-ring (bicyclic) bond motifs is 1. The van der Waals surface area contributed by atoms with Crippen LogP contribution in [-0.2, 0) is 0 Å². The largest absolute Gasteiger partial charge is 0.383 e. The van der Waals surface area contributed by atoms with E-state index in [9.17, 15) is 10.4 Å². The lowest BCUT2D eigenvalue weighted by Crippen LogP contribution is -2.20. The van der Waals surface area contributed by atoms with Crippen molar-refractivity contribution in [2.24, 2.45) is 11.7 Å². The molecule has 3 aromatic rings. The van der Waals surface area contributed by atoms with Crippen LogP contribution in [0.25, 0.3) is 28.4 Å². The van der Waals surface area contributed by atoms with Gasteiger partial charge in [0.25, 0.3) is 0 Å². The molecule has 0 radical (unpaired) electrons. The van der Waals surface area contributed by atoms with E-state index in [0.717, 1.165) is 27.8 Å². The van der Waals surface area contributed by atoms with Crippen LogP contribution in [-0.4, -0.2) is 31.2 Å². The molecule has 2 heterocycles. The summed E-state index contributed by atoms with van der Waals surface area (Å²) in [6, 6.07) is 9.40. The van der Waals surface area contributed by atoms with Crippen LogP contribution in [0.1, 0.15) is 18.1 Å². The lowest BCUT2D eigenvalue weighted by molar-refractivity contribution is 0.225. The number of benzene rings is 1. The Morgan fingerprint density at radius 1 is 1.39 bits per heavy atom. The number of alkyl halides is 1. The van der Waals surface area contributed by atoms with Gasteiger partial charge in [-0.3, -0.25) is 0 Å². The Labute approximate surface area is 184 Å². The topological polar surface area (TPSA) is 127 Å². The normalized spacial score (nSPS) is 19.8. The van der Waals surface area contributed by atoms with Crippen molar-refractivity contribution in [3.8, 4) is 11.8 Å². The fraction of sp³-hybridized carbons (Fsp3) is 0.174. The summed E-state index contributed by atoms with van der Waals surface area (Å²) in [6.07, 6.45) is 9.70. The first-order chi connectivity index (χ1) is 14.9. The molecule has 0 saturated heterocycles. The third-order valence-corrected chi connectivity index (χ3v) is 5.79. The van der Waals surface area contributed by atoms with Crippen molar-refractivity contribution in [2.75, 3.05) is 5.73 Å². The first-order valence-corrected chi connectivity index (χ1v) is 10.1. The van der Waals surface area contributed by atoms with E-state index in [1.165, 1.54) is 6.33 Å². The minimum Gasteiger partial charge on any atom is -0.383 e. The predicted octanol–water partition coefficient (Wildman–Crippen LogP) is 3.38. The second-order valence-corrected chi connectivity index (χ2v) is 7.91. The molecule has 5 N–H and O–H groups in total. The molecule has 3 atom stereocenters. The Morgan fingerprint density at radius 2 is 2.19 bits per heavy atom. The number of nitrogens with zero attached hydrogens (tertiary/aromatic N) is 4. The van der Waals surface area contributed by atoms with Crippen molar-refractivity contribution in [3.05, 3.63) is 71.7 Å². The highest BCUT2D eigenvalue weighted by atomic mass is 35.5. The van der Waals surface area contributed by atoms with Crippen molar-refractivity contribution < 1.29 is 5.11 Å². The number of nitrogens with two attached hydrogens (primary N) is 2. The van der Waals surface area contributed by atoms with Crippen molar-refractivity contribution in [3.63, 3.8) is 0 Å². The van der Waals surface area contributed by atoms with Crippen LogP contribution in [0.3, 0.4) is 0 Å². The number of nitrogen functional groups attached to an aromatic ring is 1. The lowest BCUT2D eigenvalue weighted by Gasteiger charge is -2.17. The third kappa shape index (κ3) is 3.97. The number of nitriles is 1. The van der Waals surface area contributed by atoms with Gasteiger partial charge in [0.05, 0.1) is 22.4 Å². The maximum Gasteiger partial charge on any atom is 0.150 e. The number of rotatable bonds is 4. The number of aromatic nitrogens is 3. The van der Waals surface area contributed by atoms with Gasteiger partial charge in [-0.1, -0.05) is 37.3 Å². The molecule has 1 aliphatic rings. The molecule has 2 aromatic heterocycles. The maximum atomic E-state index is 9.55. The number of hydrogen-bond acceptors (Lipinski definition) is 6. The van der Waals surface area contributed by atoms with Gasteiger partial charge in [0.1, 0.15) is 18.4 Å². The van der Waals surface area contributed by atoms with E-state index < -0.39 is 6.23 Å². The standard InChI is InChI=1S/C23H21ClN6O/c1-13-7-15(5-6-19(13)24)18-11-30(23-20(18)21(26)28-12-29-23)17-4-2-3-14(9-17)8-16(10-25)22(27)31/h2-9,11-13,19,22,31H,27H2,1H3,(H2,26,28,29). The van der Waals surface area contributed by atoms with Crippen molar-refractivity contribution in [1.29, 1.82) is 5.26 Å². The number of hydrogen-bond donors (Lipinski definition) is 3. The summed E-state index contributed by atoms with van der Waals surface area (Å²) in [4.78, 5) is 8.65. The summed E-state index contributed by atoms with van der Waals surface area (Å²) < 4.78 is 1.93. The molecule has 1 aromatic carbocycles. The number of aliphatic hydroxyl groups excluding tert-OH is 1. The quantitative estimate of drug-likeness (QED) is 0.329. The number of aliphatic hydroxyl groups is 1. The molecule has 0 bridgehead atoms. The van der Waals surface area contributed by atoms with Crippen LogP contribution in [0.2, 0.25) is 0 Å². The lowest BCUT2D eigenvalue weighted by atomic mass is 9.93. The van der Waals surface area contributed by atoms with E-state index in [-0.39, 0.29) is 16.9 Å². The first kappa shape index (κ1) is 20.8. The van der Waals surface area contributed by atoms with Gasteiger partial charge in [0.15, 0.2) is 5.65 Å². The monoisotopic (exact) mass is 432 g/mol. The van der Waals surface area contributed by atoms with E-state index >= 15 is 0 Å². The molecule has 0 fully saturated rings. The molecular weight excluding hydrogens is 412 g/mol. The molecule has 7 nitrogen and oxygen atoms in total. The first-order valence-electron chi connectivity index (χ1n) is 9.71. The fourth-order valence-electron chi connectivity index (χ4n) is 3.61. The van der Waals surface area contributed by atoms with Gasteiger partial charge < -0.3 is 21.1 Å². The van der Waals surface area contributed by atoms with E-state index in [1.54, 1.807) is 6.08 Å². The highest BCUT2D eigenvalue weighted by Gasteiger charge is 2.21. The van der Waals surface area contributed by atoms with Crippen LogP contribution in [0.4, 0.5) is 5.82 Å². The van der Waals surface area contributed by atoms with E-state index in [1.807, 2.05) is 53.3 Å². The zero-order chi connectivity index (χ0) is 22.1. The summed E-state index contributed by atoms with van der Waals surface area (Å²) in [7, 11) is 0. The Kier molecular flexibility index (Phi) is 5.61. The molecule has 1 aliphatic carbocycles. The van der Waals surface area contributed by atoms with Crippen LogP contribution in [0.15, 0.2) is 60.6 Å². The maximum absolute atomic E-state index is 9.55. The van der Waals surface area contributed by atoms with Gasteiger partial charge in [0.2, 0.25) is 0 Å². The minimum absolute atomic E-state index is 0.0543. The molecule has 0 amide bonds. The highest BCUT2D eigenvalue weighted by molar-refractivity contribution is 6.22. The van der Waals surface area contributed by atoms with Gasteiger partial charge in [-0.15, -0.1) is 11.6 Å². The van der Waals surface area contributed by atoms with Crippen molar-refractivity contribution in [2.45, 2.75) is 18.5 Å². The Hall–Kier alpha value is -3.44. The van der Waals surface area contributed by atoms with Gasteiger partial charge in [-0.05, 0) is 35.3 Å². The molecule has 0 spiro atoms. The fourth-order valence-corrected chi connectivity index (χ4v) is 3.76. The molecule has 0 aliphatic heterocycles. The Bertz CT molecular complexity index is 1280. The third-order valence-electron chi connectivity index (χ3n) is 5.25. The molecule has 3 unspecified atom stereocenters. The van der Waals surface area contributed by atoms with E-state index in [2.05, 4.69) is 23.0 Å². The Morgan fingerprint density at radius 3 is 2.90 bits per heavy atom. The zero-order valence-corrected chi connectivity index (χ0v) is 17.5. The minimum atomic E-state index is -1.34. The van der Waals surface area contributed by atoms with Crippen molar-refractivity contribution >= 4 is 40.1 Å². The number of allylic oxidation sites excluding steroid dienone is 4. The van der Waals surface area contributed by atoms with Crippen molar-refractivity contribution in [1.82, 2.24) is 14.5 Å². The van der Waals surface area contributed by atoms with Gasteiger partial charge >= 0.3 is 0 Å². The number of anilines is 1. The average Bonchev–Trinajstić information content (AvgIpc) is 3.15. The summed E-state index contributed by atoms with van der Waals surface area (Å²) in [5, 5.41) is 19.4. The summed E-state index contributed by atoms with van der Waals surface area (Å²) in [5.74, 6) is 0.564. The predicted molar refractivity (Wildman–Crippen MR) is 123 cm³/mol. The SMILES string of the molecule is CC1C=C(c2cn(-c3cccc(C=C(C#N)C(N)O)c3)c3ncnc(N)c23)C=CC1Cl. The van der Waals surface area contributed by atoms with Crippen LogP contribution in [0.5, 0.6) is 0 Å². The van der Waals surface area contributed by atoms with Gasteiger partial charge in [-0.2, -0.15) is 5.26 Å². The average molecular weight is 433 g/mol. The smallest absolute Gasteiger partial charge is 0.150 e. The van der Waals surface area contributed by atoms with Crippen LogP contribution >= 0.6 is 11.6 Å². The van der Waals surface area contributed by atoms with Crippen LogP contribution < -0.4 is 11.5 Å². The zero-order valence-electron chi connectivity index (χ0n) is 16.8. The van der Waals surface area contributed by atoms with Gasteiger partial charge in [0, 0.05) is 17.4 Å². The molecule has 31 heavy (non-hydrogen) atoms. The summed E-state index contributed by atoms with van der Waals surface area (Å²) in [5.41, 5.74) is 15.9. The summed E-state index contributed by atoms with van der Waals surface area (Å²) >= 11 is 6.32. The highest BCUT2D eigenvalue weighted by Crippen LogP contribution is 2.35. The molecule has 4 rings (SSSR count). The summed E-state index contributed by atoms with van der Waals surface area (Å²) in [6.45, 7) is 2.06. The molecule has 8 heteroatoms.